The number of rotatable bonds is 6. The fraction of sp³-hybridized carbons (Fsp3) is 0.647. The summed E-state index contributed by atoms with van der Waals surface area (Å²) in [5, 5.41) is 19.7. The van der Waals surface area contributed by atoms with Crippen molar-refractivity contribution in [1.29, 1.82) is 0 Å². The lowest BCUT2D eigenvalue weighted by Gasteiger charge is -2.25. The number of amides is 1. The van der Waals surface area contributed by atoms with Crippen molar-refractivity contribution in [1.82, 2.24) is 35.6 Å². The highest BCUT2D eigenvalue weighted by Crippen LogP contribution is 2.22. The highest BCUT2D eigenvalue weighted by atomic mass is 16.6. The van der Waals surface area contributed by atoms with Crippen LogP contribution >= 0.6 is 0 Å². The summed E-state index contributed by atoms with van der Waals surface area (Å²) in [4.78, 5) is 15.1. The summed E-state index contributed by atoms with van der Waals surface area (Å²) in [6.07, 6.45) is 7.68. The first-order chi connectivity index (χ1) is 14.2. The maximum absolute atomic E-state index is 12.9. The van der Waals surface area contributed by atoms with Crippen LogP contribution in [0.4, 0.5) is 5.82 Å². The average Bonchev–Trinajstić information content (AvgIpc) is 3.35. The summed E-state index contributed by atoms with van der Waals surface area (Å²) >= 11 is 0. The molecule has 3 heterocycles. The lowest BCUT2D eigenvalue weighted by molar-refractivity contribution is 0.0335. The Morgan fingerprint density at radius 2 is 2.03 bits per heavy atom. The summed E-state index contributed by atoms with van der Waals surface area (Å²) in [7, 11) is 0. The molecule has 29 heavy (non-hydrogen) atoms. The smallest absolute Gasteiger partial charge is 0.292 e. The number of anilines is 1. The molecule has 12 heteroatoms. The van der Waals surface area contributed by atoms with Crippen LogP contribution in [0.25, 0.3) is 5.82 Å². The van der Waals surface area contributed by atoms with Crippen LogP contribution in [0.15, 0.2) is 9.73 Å². The van der Waals surface area contributed by atoms with Gasteiger partial charge < -0.3 is 10.5 Å². The van der Waals surface area contributed by atoms with Gasteiger partial charge in [0.1, 0.15) is 5.69 Å². The van der Waals surface area contributed by atoms with E-state index in [1.165, 1.54) is 23.9 Å². The van der Waals surface area contributed by atoms with Crippen LogP contribution in [0.3, 0.4) is 0 Å². The molecule has 156 valence electrons. The van der Waals surface area contributed by atoms with E-state index in [0.29, 0.717) is 31.4 Å². The molecule has 0 aromatic carbocycles. The van der Waals surface area contributed by atoms with Crippen LogP contribution in [-0.4, -0.2) is 68.6 Å². The van der Waals surface area contributed by atoms with Crippen LogP contribution in [0.1, 0.15) is 48.3 Å². The minimum Gasteiger partial charge on any atom is -0.379 e. The third kappa shape index (κ3) is 4.59. The van der Waals surface area contributed by atoms with Gasteiger partial charge in [0.25, 0.3) is 5.91 Å². The van der Waals surface area contributed by atoms with Crippen molar-refractivity contribution in [3.63, 3.8) is 0 Å². The summed E-state index contributed by atoms with van der Waals surface area (Å²) in [5.41, 5.74) is 9.09. The van der Waals surface area contributed by atoms with Gasteiger partial charge in [0.15, 0.2) is 5.69 Å². The molecule has 2 fully saturated rings. The van der Waals surface area contributed by atoms with E-state index >= 15 is 0 Å². The van der Waals surface area contributed by atoms with Crippen LogP contribution < -0.4 is 11.2 Å². The molecule has 0 spiro atoms. The van der Waals surface area contributed by atoms with Gasteiger partial charge in [-0.15, -0.1) is 5.10 Å². The van der Waals surface area contributed by atoms with Gasteiger partial charge in [-0.3, -0.25) is 9.69 Å². The molecule has 1 saturated heterocycles. The lowest BCUT2D eigenvalue weighted by atomic mass is 9.90. The summed E-state index contributed by atoms with van der Waals surface area (Å²) in [6, 6.07) is 0. The number of nitrogens with zero attached hydrogens (tertiary/aromatic N) is 7. The number of aromatic nitrogens is 5. The first-order valence-corrected chi connectivity index (χ1v) is 9.89. The molecule has 1 aliphatic carbocycles. The van der Waals surface area contributed by atoms with E-state index in [1.807, 2.05) is 6.21 Å². The third-order valence-electron chi connectivity index (χ3n) is 5.23. The number of ether oxygens (including phenoxy) is 1. The Balaban J connectivity index is 1.54. The largest absolute Gasteiger partial charge is 0.379 e. The molecular weight excluding hydrogens is 378 g/mol. The number of nitrogen functional groups attached to an aromatic ring is 1. The molecule has 2 aromatic rings. The maximum atomic E-state index is 12.9. The highest BCUT2D eigenvalue weighted by molar-refractivity contribution is 5.94. The third-order valence-corrected chi connectivity index (χ3v) is 5.23. The molecule has 0 atom stereocenters. The Morgan fingerprint density at radius 3 is 2.76 bits per heavy atom. The van der Waals surface area contributed by atoms with Crippen molar-refractivity contribution in [2.45, 2.75) is 38.6 Å². The topological polar surface area (TPSA) is 150 Å². The number of nitrogens with two attached hydrogens (primary N) is 1. The average molecular weight is 403 g/mol. The monoisotopic (exact) mass is 403 g/mol. The van der Waals surface area contributed by atoms with E-state index in [0.717, 1.165) is 25.9 Å². The second-order valence-electron chi connectivity index (χ2n) is 7.28. The molecule has 1 saturated carbocycles. The Kier molecular flexibility index (Phi) is 6.10. The molecule has 1 amide bonds. The standard InChI is InChI=1S/C17H25N9O3/c18-15-16(23-29-22-15)26-14(13(20-24-26)11-25-6-8-28-9-7-25)17(27)21-19-10-12-4-2-1-3-5-12/h10,12H,1-9,11H2,(H2,18,22)(H,21,27)/b19-10+. The summed E-state index contributed by atoms with van der Waals surface area (Å²) in [6.45, 7) is 3.23. The number of carbonyl (C=O) groups excluding carboxylic acids is 1. The van der Waals surface area contributed by atoms with Crippen molar-refractivity contribution < 1.29 is 14.2 Å². The quantitative estimate of drug-likeness (QED) is 0.515. The molecule has 2 aromatic heterocycles. The number of carbonyl (C=O) groups is 1. The zero-order valence-corrected chi connectivity index (χ0v) is 16.2. The molecular formula is C17H25N9O3. The number of hydrogen-bond acceptors (Lipinski definition) is 10. The van der Waals surface area contributed by atoms with Crippen LogP contribution in [0.5, 0.6) is 0 Å². The Bertz CT molecular complexity index is 850. The van der Waals surface area contributed by atoms with Gasteiger partial charge in [0.05, 0.1) is 13.2 Å². The zero-order chi connectivity index (χ0) is 20.1. The predicted octanol–water partition coefficient (Wildman–Crippen LogP) is 0.361. The van der Waals surface area contributed by atoms with Gasteiger partial charge in [-0.05, 0) is 29.1 Å². The molecule has 2 aliphatic rings. The predicted molar refractivity (Wildman–Crippen MR) is 102 cm³/mol. The lowest BCUT2D eigenvalue weighted by Crippen LogP contribution is -2.36. The van der Waals surface area contributed by atoms with Crippen LogP contribution in [-0.2, 0) is 11.3 Å². The van der Waals surface area contributed by atoms with E-state index in [9.17, 15) is 4.79 Å². The van der Waals surface area contributed by atoms with E-state index in [1.54, 1.807) is 0 Å². The van der Waals surface area contributed by atoms with Gasteiger partial charge in [-0.1, -0.05) is 24.5 Å². The Labute approximate surface area is 167 Å². The van der Waals surface area contributed by atoms with Gasteiger partial charge in [0, 0.05) is 25.8 Å². The van der Waals surface area contributed by atoms with E-state index in [2.05, 4.69) is 40.7 Å². The Morgan fingerprint density at radius 1 is 1.24 bits per heavy atom. The number of hydrogen-bond donors (Lipinski definition) is 2. The van der Waals surface area contributed by atoms with Crippen LogP contribution in [0.2, 0.25) is 0 Å². The molecule has 12 nitrogen and oxygen atoms in total. The Hall–Kier alpha value is -2.86. The van der Waals surface area contributed by atoms with Gasteiger partial charge in [-0.2, -0.15) is 9.78 Å². The summed E-state index contributed by atoms with van der Waals surface area (Å²) < 4.78 is 11.3. The first-order valence-electron chi connectivity index (χ1n) is 9.89. The van der Waals surface area contributed by atoms with Crippen molar-refractivity contribution in [2.24, 2.45) is 11.0 Å². The second-order valence-corrected chi connectivity index (χ2v) is 7.28. The van der Waals surface area contributed by atoms with Gasteiger partial charge in [0.2, 0.25) is 11.6 Å². The first kappa shape index (κ1) is 19.5. The minimum atomic E-state index is -0.437. The molecule has 4 rings (SSSR count). The SMILES string of the molecule is Nc1nonc1-n1nnc(CN2CCOCC2)c1C(=O)N/N=C/C1CCCCC1. The van der Waals surface area contributed by atoms with Gasteiger partial charge in [-0.25, -0.2) is 10.1 Å². The van der Waals surface area contributed by atoms with Crippen LogP contribution in [0, 0.1) is 5.92 Å². The van der Waals surface area contributed by atoms with E-state index in [-0.39, 0.29) is 17.3 Å². The highest BCUT2D eigenvalue weighted by Gasteiger charge is 2.26. The van der Waals surface area contributed by atoms with E-state index in [4.69, 9.17) is 10.5 Å². The molecule has 1 aliphatic heterocycles. The van der Waals surface area contributed by atoms with E-state index < -0.39 is 5.91 Å². The number of morpholine rings is 1. The van der Waals surface area contributed by atoms with Crippen molar-refractivity contribution in [2.75, 3.05) is 32.0 Å². The molecule has 0 radical (unpaired) electrons. The molecule has 0 unspecified atom stereocenters. The molecule has 0 bridgehead atoms. The van der Waals surface area contributed by atoms with Crippen molar-refractivity contribution in [3.8, 4) is 5.82 Å². The number of hydrazone groups is 1. The van der Waals surface area contributed by atoms with Gasteiger partial charge >= 0.3 is 0 Å². The van der Waals surface area contributed by atoms with Crippen molar-refractivity contribution >= 4 is 17.9 Å². The summed E-state index contributed by atoms with van der Waals surface area (Å²) in [5.74, 6) is 0.0997. The zero-order valence-electron chi connectivity index (χ0n) is 16.2. The molecule has 3 N–H and O–H groups in total. The minimum absolute atomic E-state index is 0.0209. The maximum Gasteiger partial charge on any atom is 0.292 e. The fourth-order valence-electron chi connectivity index (χ4n) is 3.64. The normalized spacial score (nSPS) is 19.0. The fourth-order valence-corrected chi connectivity index (χ4v) is 3.64. The number of nitrogens with one attached hydrogen (secondary N) is 1. The van der Waals surface area contributed by atoms with Crippen molar-refractivity contribution in [3.05, 3.63) is 11.4 Å². The second kappa shape index (κ2) is 9.09.